The number of para-hydroxylation sites is 1. The second-order valence-corrected chi connectivity index (χ2v) is 9.61. The molecule has 0 spiro atoms. The van der Waals surface area contributed by atoms with E-state index in [1.54, 1.807) is 28.0 Å². The monoisotopic (exact) mass is 487 g/mol. The lowest BCUT2D eigenvalue weighted by molar-refractivity contribution is -0.158. The number of hydrogen-bond donors (Lipinski definition) is 1. The smallest absolute Gasteiger partial charge is 0.246 e. The minimum atomic E-state index is -0.597. The molecule has 0 aliphatic carbocycles. The Morgan fingerprint density at radius 3 is 2.60 bits per heavy atom. The standard InChI is InChI=1S/C28H23ClFN3O2/c29-19-5-3-4-18(14-19)27-26-22(21-6-1-2-7-23(21)31-26)15-24-28(35)32(16-25(34)33(24)27)13-12-17-8-10-20(30)11-9-17/h1-11,14,24,27,31H,12-13,15-16H2/t24-,27?/m0/s1. The summed E-state index contributed by atoms with van der Waals surface area (Å²) < 4.78 is 13.3. The van der Waals surface area contributed by atoms with Gasteiger partial charge in [0.05, 0.1) is 12.6 Å². The van der Waals surface area contributed by atoms with Gasteiger partial charge in [-0.3, -0.25) is 9.59 Å². The van der Waals surface area contributed by atoms with Gasteiger partial charge >= 0.3 is 0 Å². The third-order valence-corrected chi connectivity index (χ3v) is 7.33. The maximum absolute atomic E-state index is 13.7. The molecule has 0 saturated carbocycles. The summed E-state index contributed by atoms with van der Waals surface area (Å²) in [5.41, 5.74) is 4.78. The van der Waals surface area contributed by atoms with E-state index in [2.05, 4.69) is 11.1 Å². The van der Waals surface area contributed by atoms with E-state index in [4.69, 9.17) is 11.6 Å². The van der Waals surface area contributed by atoms with Gasteiger partial charge in [-0.15, -0.1) is 0 Å². The van der Waals surface area contributed by atoms with Crippen LogP contribution in [0.3, 0.4) is 0 Å². The summed E-state index contributed by atoms with van der Waals surface area (Å²) in [4.78, 5) is 34.2. The molecule has 7 heteroatoms. The molecule has 2 amide bonds. The van der Waals surface area contributed by atoms with E-state index in [1.807, 2.05) is 36.4 Å². The van der Waals surface area contributed by atoms with Crippen LogP contribution in [0.5, 0.6) is 0 Å². The molecule has 5 nitrogen and oxygen atoms in total. The van der Waals surface area contributed by atoms with Crippen LogP contribution >= 0.6 is 11.6 Å². The maximum Gasteiger partial charge on any atom is 0.246 e. The van der Waals surface area contributed by atoms with Crippen molar-refractivity contribution < 1.29 is 14.0 Å². The zero-order chi connectivity index (χ0) is 24.1. The Labute approximate surface area is 207 Å². The number of amides is 2. The van der Waals surface area contributed by atoms with Crippen molar-refractivity contribution in [2.75, 3.05) is 13.1 Å². The Morgan fingerprint density at radius 2 is 1.80 bits per heavy atom. The van der Waals surface area contributed by atoms with Gasteiger partial charge in [0.2, 0.25) is 11.8 Å². The molecule has 1 N–H and O–H groups in total. The molecule has 2 aliphatic heterocycles. The summed E-state index contributed by atoms with van der Waals surface area (Å²) in [6, 6.07) is 20.7. The van der Waals surface area contributed by atoms with E-state index < -0.39 is 12.1 Å². The highest BCUT2D eigenvalue weighted by Gasteiger charge is 2.48. The summed E-state index contributed by atoms with van der Waals surface area (Å²) in [7, 11) is 0. The van der Waals surface area contributed by atoms with Gasteiger partial charge in [0.15, 0.2) is 0 Å². The second-order valence-electron chi connectivity index (χ2n) is 9.18. The van der Waals surface area contributed by atoms with Gasteiger partial charge in [0.25, 0.3) is 0 Å². The number of nitrogens with one attached hydrogen (secondary N) is 1. The normalized spacial score (nSPS) is 19.7. The molecule has 35 heavy (non-hydrogen) atoms. The van der Waals surface area contributed by atoms with Crippen molar-refractivity contribution >= 4 is 34.3 Å². The Morgan fingerprint density at radius 1 is 1.00 bits per heavy atom. The SMILES string of the molecule is O=C1[C@@H]2Cc3c([nH]c4ccccc34)C(c3cccc(Cl)c3)N2C(=O)CN1CCc1ccc(F)cc1. The number of aromatic amines is 1. The summed E-state index contributed by atoms with van der Waals surface area (Å²) in [5.74, 6) is -0.449. The Kier molecular flexibility index (Phi) is 5.33. The number of fused-ring (bicyclic) bond motifs is 4. The number of carbonyl (C=O) groups is 2. The molecule has 6 rings (SSSR count). The van der Waals surface area contributed by atoms with Gasteiger partial charge in [-0.1, -0.05) is 54.1 Å². The van der Waals surface area contributed by atoms with E-state index in [1.165, 1.54) is 12.1 Å². The molecule has 2 atom stereocenters. The average Bonchev–Trinajstić information content (AvgIpc) is 3.23. The van der Waals surface area contributed by atoms with E-state index in [9.17, 15) is 14.0 Å². The van der Waals surface area contributed by atoms with Crippen molar-refractivity contribution in [3.05, 3.63) is 106 Å². The maximum atomic E-state index is 13.7. The fraction of sp³-hybridized carbons (Fsp3) is 0.214. The number of halogens is 2. The van der Waals surface area contributed by atoms with Crippen LogP contribution < -0.4 is 0 Å². The van der Waals surface area contributed by atoms with E-state index in [0.717, 1.165) is 33.3 Å². The Hall–Kier alpha value is -3.64. The minimum absolute atomic E-state index is 0.0170. The molecule has 0 radical (unpaired) electrons. The van der Waals surface area contributed by atoms with Gasteiger partial charge in [0, 0.05) is 34.6 Å². The van der Waals surface area contributed by atoms with Crippen molar-refractivity contribution in [1.82, 2.24) is 14.8 Å². The molecule has 1 fully saturated rings. The van der Waals surface area contributed by atoms with Crippen LogP contribution in [0.4, 0.5) is 4.39 Å². The fourth-order valence-corrected chi connectivity index (χ4v) is 5.65. The largest absolute Gasteiger partial charge is 0.356 e. The van der Waals surface area contributed by atoms with Crippen molar-refractivity contribution in [2.45, 2.75) is 24.9 Å². The highest BCUT2D eigenvalue weighted by molar-refractivity contribution is 6.30. The van der Waals surface area contributed by atoms with Gasteiger partial charge in [0.1, 0.15) is 11.9 Å². The lowest BCUT2D eigenvalue weighted by Gasteiger charge is -2.47. The number of nitrogens with zero attached hydrogens (tertiary/aromatic N) is 2. The van der Waals surface area contributed by atoms with Crippen LogP contribution in [-0.2, 0) is 22.4 Å². The van der Waals surface area contributed by atoms with E-state index in [-0.39, 0.29) is 24.2 Å². The molecule has 3 aromatic carbocycles. The topological polar surface area (TPSA) is 56.4 Å². The number of aromatic nitrogens is 1. The number of piperazine rings is 1. The van der Waals surface area contributed by atoms with Crippen LogP contribution in [0, 0.1) is 5.82 Å². The van der Waals surface area contributed by atoms with E-state index in [0.29, 0.717) is 24.4 Å². The number of carbonyl (C=O) groups excluding carboxylic acids is 2. The number of H-pyrrole nitrogens is 1. The zero-order valence-electron chi connectivity index (χ0n) is 18.9. The predicted molar refractivity (Wildman–Crippen MR) is 133 cm³/mol. The van der Waals surface area contributed by atoms with Gasteiger partial charge in [-0.25, -0.2) is 4.39 Å². The summed E-state index contributed by atoms with van der Waals surface area (Å²) in [5, 5.41) is 1.65. The fourth-order valence-electron chi connectivity index (χ4n) is 5.45. The molecular weight excluding hydrogens is 465 g/mol. The molecule has 2 aliphatic rings. The molecule has 3 heterocycles. The molecular formula is C28H23ClFN3O2. The van der Waals surface area contributed by atoms with Crippen LogP contribution in [-0.4, -0.2) is 45.7 Å². The molecule has 1 saturated heterocycles. The molecule has 1 unspecified atom stereocenters. The zero-order valence-corrected chi connectivity index (χ0v) is 19.6. The summed E-state index contributed by atoms with van der Waals surface area (Å²) in [6.07, 6.45) is 1.01. The third-order valence-electron chi connectivity index (χ3n) is 7.09. The Balaban J connectivity index is 1.38. The van der Waals surface area contributed by atoms with Gasteiger partial charge in [-0.05, 0) is 53.4 Å². The van der Waals surface area contributed by atoms with Gasteiger partial charge in [-0.2, -0.15) is 0 Å². The van der Waals surface area contributed by atoms with Crippen LogP contribution in [0.25, 0.3) is 10.9 Å². The summed E-state index contributed by atoms with van der Waals surface area (Å²) in [6.45, 7) is 0.423. The lowest BCUT2D eigenvalue weighted by Crippen LogP contribution is -2.63. The first-order valence-electron chi connectivity index (χ1n) is 11.7. The first kappa shape index (κ1) is 21.9. The van der Waals surface area contributed by atoms with E-state index >= 15 is 0 Å². The van der Waals surface area contributed by atoms with Crippen molar-refractivity contribution in [3.63, 3.8) is 0 Å². The molecule has 176 valence electrons. The second kappa shape index (κ2) is 8.54. The van der Waals surface area contributed by atoms with Crippen molar-refractivity contribution in [1.29, 1.82) is 0 Å². The first-order valence-corrected chi connectivity index (χ1v) is 12.1. The van der Waals surface area contributed by atoms with Crippen LogP contribution in [0.2, 0.25) is 5.02 Å². The minimum Gasteiger partial charge on any atom is -0.356 e. The lowest BCUT2D eigenvalue weighted by atomic mass is 9.86. The number of benzene rings is 3. The van der Waals surface area contributed by atoms with Crippen molar-refractivity contribution in [3.8, 4) is 0 Å². The molecule has 4 aromatic rings. The third kappa shape index (κ3) is 3.78. The van der Waals surface area contributed by atoms with Gasteiger partial charge < -0.3 is 14.8 Å². The Bertz CT molecular complexity index is 1450. The number of hydrogen-bond acceptors (Lipinski definition) is 2. The number of rotatable bonds is 4. The average molecular weight is 488 g/mol. The predicted octanol–water partition coefficient (Wildman–Crippen LogP) is 4.89. The molecule has 0 bridgehead atoms. The molecule has 1 aromatic heterocycles. The van der Waals surface area contributed by atoms with Crippen LogP contribution in [0.1, 0.15) is 28.4 Å². The summed E-state index contributed by atoms with van der Waals surface area (Å²) >= 11 is 6.33. The van der Waals surface area contributed by atoms with Crippen LogP contribution in [0.15, 0.2) is 72.8 Å². The first-order chi connectivity index (χ1) is 17.0. The van der Waals surface area contributed by atoms with Crippen molar-refractivity contribution in [2.24, 2.45) is 0 Å². The quantitative estimate of drug-likeness (QED) is 0.445. The highest BCUT2D eigenvalue weighted by atomic mass is 35.5. The highest BCUT2D eigenvalue weighted by Crippen LogP contribution is 2.42.